The number of aromatic nitrogens is 1. The number of pyridine rings is 1. The largest absolute Gasteiger partial charge is 0.395 e. The van der Waals surface area contributed by atoms with E-state index in [1.165, 1.54) is 5.56 Å². The number of nitrogens with one attached hydrogen (secondary N) is 1. The molecule has 1 unspecified atom stereocenters. The van der Waals surface area contributed by atoms with Crippen LogP contribution in [0.2, 0.25) is 0 Å². The first kappa shape index (κ1) is 19.4. The third kappa shape index (κ3) is 4.23. The summed E-state index contributed by atoms with van der Waals surface area (Å²) in [4.78, 5) is 18.9. The minimum absolute atomic E-state index is 0.198. The Morgan fingerprint density at radius 2 is 1.93 bits per heavy atom. The summed E-state index contributed by atoms with van der Waals surface area (Å²) in [5.41, 5.74) is 9.15. The lowest BCUT2D eigenvalue weighted by atomic mass is 10.1. The highest BCUT2D eigenvalue weighted by molar-refractivity contribution is 6.01. The summed E-state index contributed by atoms with van der Waals surface area (Å²) >= 11 is 0. The Hall–Kier alpha value is -2.96. The molecule has 6 heteroatoms. The number of anilines is 1. The van der Waals surface area contributed by atoms with E-state index in [4.69, 9.17) is 5.73 Å². The van der Waals surface area contributed by atoms with E-state index >= 15 is 0 Å². The second-order valence-electron chi connectivity index (χ2n) is 7.51. The number of rotatable bonds is 7. The Labute approximate surface area is 170 Å². The highest BCUT2D eigenvalue weighted by Gasteiger charge is 2.24. The van der Waals surface area contributed by atoms with Gasteiger partial charge in [0.1, 0.15) is 5.82 Å². The summed E-state index contributed by atoms with van der Waals surface area (Å²) in [6, 6.07) is 17.9. The highest BCUT2D eigenvalue weighted by atomic mass is 16.3. The fourth-order valence-electron chi connectivity index (χ4n) is 4.03. The van der Waals surface area contributed by atoms with Gasteiger partial charge in [0.15, 0.2) is 0 Å². The van der Waals surface area contributed by atoms with Crippen molar-refractivity contribution in [3.8, 4) is 0 Å². The van der Waals surface area contributed by atoms with Crippen LogP contribution in [0.3, 0.4) is 0 Å². The number of carbonyl (C=O) groups is 1. The predicted octanol–water partition coefficient (Wildman–Crippen LogP) is 2.90. The van der Waals surface area contributed by atoms with Crippen molar-refractivity contribution >= 4 is 22.6 Å². The van der Waals surface area contributed by atoms with Gasteiger partial charge in [0.05, 0.1) is 17.7 Å². The molecule has 1 atom stereocenters. The van der Waals surface area contributed by atoms with Crippen molar-refractivity contribution < 1.29 is 9.90 Å². The van der Waals surface area contributed by atoms with Crippen LogP contribution in [0.4, 0.5) is 5.82 Å². The second kappa shape index (κ2) is 8.59. The minimum Gasteiger partial charge on any atom is -0.395 e. The average molecular weight is 390 g/mol. The maximum absolute atomic E-state index is 12.0. The van der Waals surface area contributed by atoms with E-state index < -0.39 is 5.91 Å². The first-order valence-electron chi connectivity index (χ1n) is 10.0. The SMILES string of the molecule is NC(=O)c1cc2ccccc2nc1NCc1ccccc1CN1CCCC1CO. The smallest absolute Gasteiger partial charge is 0.252 e. The van der Waals surface area contributed by atoms with E-state index in [-0.39, 0.29) is 12.6 Å². The van der Waals surface area contributed by atoms with Crippen LogP contribution < -0.4 is 11.1 Å². The van der Waals surface area contributed by atoms with Crippen molar-refractivity contribution in [2.45, 2.75) is 32.0 Å². The number of hydrogen-bond donors (Lipinski definition) is 3. The molecule has 4 rings (SSSR count). The van der Waals surface area contributed by atoms with Gasteiger partial charge in [0.25, 0.3) is 5.91 Å². The molecule has 29 heavy (non-hydrogen) atoms. The van der Waals surface area contributed by atoms with Crippen LogP contribution in [0.1, 0.15) is 34.3 Å². The Balaban J connectivity index is 1.56. The molecule has 1 aromatic heterocycles. The van der Waals surface area contributed by atoms with Crippen molar-refractivity contribution in [3.63, 3.8) is 0 Å². The van der Waals surface area contributed by atoms with Crippen LogP contribution in [0.25, 0.3) is 10.9 Å². The summed E-state index contributed by atoms with van der Waals surface area (Å²) < 4.78 is 0. The number of para-hydroxylation sites is 1. The molecule has 4 N–H and O–H groups in total. The van der Waals surface area contributed by atoms with Crippen LogP contribution in [0.5, 0.6) is 0 Å². The number of nitrogens with zero attached hydrogens (tertiary/aromatic N) is 2. The molecule has 2 aromatic carbocycles. The Bertz CT molecular complexity index is 1020. The second-order valence-corrected chi connectivity index (χ2v) is 7.51. The van der Waals surface area contributed by atoms with E-state index in [9.17, 15) is 9.90 Å². The Morgan fingerprint density at radius 3 is 2.72 bits per heavy atom. The number of aliphatic hydroxyl groups excluding tert-OH is 1. The first-order valence-corrected chi connectivity index (χ1v) is 10.0. The van der Waals surface area contributed by atoms with Crippen LogP contribution >= 0.6 is 0 Å². The third-order valence-corrected chi connectivity index (χ3v) is 5.64. The van der Waals surface area contributed by atoms with Crippen molar-refractivity contribution in [3.05, 3.63) is 71.3 Å². The molecule has 1 aliphatic rings. The number of amides is 1. The zero-order valence-corrected chi connectivity index (χ0v) is 16.3. The van der Waals surface area contributed by atoms with Gasteiger partial charge in [-0.05, 0) is 42.6 Å². The number of nitrogens with two attached hydrogens (primary N) is 1. The normalized spacial score (nSPS) is 16.9. The fraction of sp³-hybridized carbons (Fsp3) is 0.304. The molecule has 0 saturated carbocycles. The third-order valence-electron chi connectivity index (χ3n) is 5.64. The molecule has 0 spiro atoms. The molecule has 1 fully saturated rings. The van der Waals surface area contributed by atoms with Gasteiger partial charge in [0, 0.05) is 24.5 Å². The number of primary amides is 1. The van der Waals surface area contributed by atoms with Gasteiger partial charge in [-0.15, -0.1) is 0 Å². The molecule has 1 aliphatic heterocycles. The molecular formula is C23H26N4O2. The lowest BCUT2D eigenvalue weighted by Gasteiger charge is -2.24. The number of benzene rings is 2. The van der Waals surface area contributed by atoms with Crippen molar-refractivity contribution in [1.29, 1.82) is 0 Å². The van der Waals surface area contributed by atoms with Crippen molar-refractivity contribution in [1.82, 2.24) is 9.88 Å². The van der Waals surface area contributed by atoms with Gasteiger partial charge in [-0.25, -0.2) is 4.98 Å². The van der Waals surface area contributed by atoms with Gasteiger partial charge < -0.3 is 16.2 Å². The van der Waals surface area contributed by atoms with Gasteiger partial charge in [0.2, 0.25) is 0 Å². The molecule has 150 valence electrons. The van der Waals surface area contributed by atoms with E-state index in [0.29, 0.717) is 17.9 Å². The lowest BCUT2D eigenvalue weighted by Crippen LogP contribution is -2.32. The van der Waals surface area contributed by atoms with Crippen LogP contribution in [0.15, 0.2) is 54.6 Å². The van der Waals surface area contributed by atoms with Crippen LogP contribution in [-0.2, 0) is 13.1 Å². The quantitative estimate of drug-likeness (QED) is 0.577. The summed E-state index contributed by atoms with van der Waals surface area (Å²) in [5, 5.41) is 13.8. The van der Waals surface area contributed by atoms with E-state index in [2.05, 4.69) is 27.3 Å². The molecule has 0 aliphatic carbocycles. The summed E-state index contributed by atoms with van der Waals surface area (Å²) in [5.74, 6) is 0.00213. The highest BCUT2D eigenvalue weighted by Crippen LogP contribution is 2.24. The Kier molecular flexibility index (Phi) is 5.74. The number of fused-ring (bicyclic) bond motifs is 1. The molecule has 3 aromatic rings. The fourth-order valence-corrected chi connectivity index (χ4v) is 4.03. The topological polar surface area (TPSA) is 91.5 Å². The summed E-state index contributed by atoms with van der Waals surface area (Å²) in [6.45, 7) is 2.55. The minimum atomic E-state index is -0.498. The number of hydrogen-bond acceptors (Lipinski definition) is 5. The predicted molar refractivity (Wildman–Crippen MR) is 115 cm³/mol. The molecule has 1 saturated heterocycles. The zero-order valence-electron chi connectivity index (χ0n) is 16.3. The number of carbonyl (C=O) groups excluding carboxylic acids is 1. The standard InChI is InChI=1S/C23H26N4O2/c24-22(29)20-12-16-6-3-4-10-21(16)26-23(20)25-13-17-7-1-2-8-18(17)14-27-11-5-9-19(27)15-28/h1-4,6-8,10,12,19,28H,5,9,11,13-15H2,(H2,24,29)(H,25,26). The zero-order chi connectivity index (χ0) is 20.2. The molecule has 6 nitrogen and oxygen atoms in total. The Morgan fingerprint density at radius 1 is 1.17 bits per heavy atom. The summed E-state index contributed by atoms with van der Waals surface area (Å²) in [6.07, 6.45) is 2.16. The molecule has 1 amide bonds. The van der Waals surface area contributed by atoms with Gasteiger partial charge in [-0.3, -0.25) is 9.69 Å². The average Bonchev–Trinajstić information content (AvgIpc) is 3.19. The monoisotopic (exact) mass is 390 g/mol. The van der Waals surface area contributed by atoms with E-state index in [1.54, 1.807) is 6.07 Å². The van der Waals surface area contributed by atoms with Gasteiger partial charge >= 0.3 is 0 Å². The molecule has 0 radical (unpaired) electrons. The molecule has 0 bridgehead atoms. The number of likely N-dealkylation sites (tertiary alicyclic amines) is 1. The number of aliphatic hydroxyl groups is 1. The van der Waals surface area contributed by atoms with E-state index in [0.717, 1.165) is 42.4 Å². The van der Waals surface area contributed by atoms with Crippen LogP contribution in [0, 0.1) is 0 Å². The maximum atomic E-state index is 12.0. The van der Waals surface area contributed by atoms with Crippen molar-refractivity contribution in [2.75, 3.05) is 18.5 Å². The molecule has 2 heterocycles. The summed E-state index contributed by atoms with van der Waals surface area (Å²) in [7, 11) is 0. The lowest BCUT2D eigenvalue weighted by molar-refractivity contribution is 0.100. The van der Waals surface area contributed by atoms with Crippen LogP contribution in [-0.4, -0.2) is 40.1 Å². The van der Waals surface area contributed by atoms with E-state index in [1.807, 2.05) is 36.4 Å². The van der Waals surface area contributed by atoms with Gasteiger partial charge in [-0.1, -0.05) is 42.5 Å². The van der Waals surface area contributed by atoms with Gasteiger partial charge in [-0.2, -0.15) is 0 Å². The van der Waals surface area contributed by atoms with Crippen molar-refractivity contribution in [2.24, 2.45) is 5.73 Å². The first-order chi connectivity index (χ1) is 14.2. The maximum Gasteiger partial charge on any atom is 0.252 e. The molecular weight excluding hydrogens is 364 g/mol.